The molecule has 2 aliphatic rings. The fraction of sp³-hybridized carbons (Fsp3) is 0.556. The smallest absolute Gasteiger partial charge is 0.236 e. The molecule has 0 radical (unpaired) electrons. The number of fused-ring (bicyclic) bond motifs is 1. The number of amides is 1. The van der Waals surface area contributed by atoms with Gasteiger partial charge in [0.05, 0.1) is 6.54 Å². The molecule has 4 heterocycles. The summed E-state index contributed by atoms with van der Waals surface area (Å²) in [5.74, 6) is 0.906. The van der Waals surface area contributed by atoms with Crippen LogP contribution in [-0.2, 0) is 17.8 Å². The van der Waals surface area contributed by atoms with E-state index in [2.05, 4.69) is 20.4 Å². The van der Waals surface area contributed by atoms with Gasteiger partial charge in [-0.3, -0.25) is 14.1 Å². The van der Waals surface area contributed by atoms with E-state index in [1.807, 2.05) is 35.4 Å². The van der Waals surface area contributed by atoms with E-state index >= 15 is 0 Å². The summed E-state index contributed by atoms with van der Waals surface area (Å²) in [6.45, 7) is 8.58. The number of aryl methyl sites for hydroxylation is 1. The molecule has 1 amide bonds. The third-order valence-corrected chi connectivity index (χ3v) is 7.82. The van der Waals surface area contributed by atoms with Gasteiger partial charge in [-0.2, -0.15) is 0 Å². The minimum atomic E-state index is -0.205. The maximum absolute atomic E-state index is 14.6. The van der Waals surface area contributed by atoms with Crippen molar-refractivity contribution < 1.29 is 9.18 Å². The second-order valence-electron chi connectivity index (χ2n) is 10.1. The Kier molecular flexibility index (Phi) is 7.46. The summed E-state index contributed by atoms with van der Waals surface area (Å²) in [7, 11) is 0. The lowest BCUT2D eigenvalue weighted by atomic mass is 9.94. The number of nitrogens with one attached hydrogen (secondary N) is 1. The minimum Gasteiger partial charge on any atom is -0.351 e. The molecular formula is C27H36FN7O. The average Bonchev–Trinajstić information content (AvgIpc) is 3.52. The van der Waals surface area contributed by atoms with Crippen LogP contribution in [0.15, 0.2) is 24.7 Å². The normalized spacial score (nSPS) is 19.1. The largest absolute Gasteiger partial charge is 0.351 e. The molecule has 0 spiro atoms. The first-order valence-corrected chi connectivity index (χ1v) is 13.2. The molecule has 1 aromatic carbocycles. The minimum absolute atomic E-state index is 0.205. The monoisotopic (exact) mass is 493 g/mol. The number of rotatable bonds is 7. The average molecular weight is 494 g/mol. The van der Waals surface area contributed by atoms with Gasteiger partial charge < -0.3 is 10.2 Å². The van der Waals surface area contributed by atoms with E-state index in [0.29, 0.717) is 24.6 Å². The number of hydrogen-bond acceptors (Lipinski definition) is 6. The highest BCUT2D eigenvalue weighted by Gasteiger charge is 2.26. The van der Waals surface area contributed by atoms with Gasteiger partial charge in [0.1, 0.15) is 12.1 Å². The van der Waals surface area contributed by atoms with Crippen LogP contribution in [-0.4, -0.2) is 68.0 Å². The number of carbonyl (C=O) groups excluding carboxylic acids is 1. The van der Waals surface area contributed by atoms with E-state index in [0.717, 1.165) is 74.2 Å². The van der Waals surface area contributed by atoms with E-state index in [9.17, 15) is 9.18 Å². The van der Waals surface area contributed by atoms with Crippen LogP contribution >= 0.6 is 0 Å². The zero-order chi connectivity index (χ0) is 25.1. The molecule has 36 heavy (non-hydrogen) atoms. The van der Waals surface area contributed by atoms with Crippen LogP contribution in [0, 0.1) is 12.7 Å². The molecule has 1 atom stereocenters. The lowest BCUT2D eigenvalue weighted by molar-refractivity contribution is -0.132. The first-order valence-electron chi connectivity index (χ1n) is 13.2. The van der Waals surface area contributed by atoms with Crippen LogP contribution in [0.2, 0.25) is 0 Å². The molecule has 0 saturated carbocycles. The molecule has 8 nitrogen and oxygen atoms in total. The van der Waals surface area contributed by atoms with Crippen LogP contribution in [0.25, 0.3) is 5.65 Å². The molecule has 2 fully saturated rings. The highest BCUT2D eigenvalue weighted by atomic mass is 19.1. The molecule has 0 aliphatic carbocycles. The molecule has 1 unspecified atom stereocenters. The van der Waals surface area contributed by atoms with Crippen molar-refractivity contribution in [2.24, 2.45) is 0 Å². The van der Waals surface area contributed by atoms with Gasteiger partial charge in [0.15, 0.2) is 5.65 Å². The summed E-state index contributed by atoms with van der Waals surface area (Å²) in [4.78, 5) is 21.9. The summed E-state index contributed by atoms with van der Waals surface area (Å²) in [5, 5.41) is 11.9. The second-order valence-corrected chi connectivity index (χ2v) is 10.1. The number of halogens is 1. The molecule has 5 rings (SSSR count). The van der Waals surface area contributed by atoms with Crippen molar-refractivity contribution in [3.8, 4) is 0 Å². The second kappa shape index (κ2) is 10.9. The molecular weight excluding hydrogens is 457 g/mol. The summed E-state index contributed by atoms with van der Waals surface area (Å²) in [5.41, 5.74) is 4.63. The van der Waals surface area contributed by atoms with Gasteiger partial charge in [0.25, 0.3) is 0 Å². The molecule has 192 valence electrons. The zero-order valence-electron chi connectivity index (χ0n) is 21.3. The Hall–Kier alpha value is -3.07. The Bertz CT molecular complexity index is 1220. The van der Waals surface area contributed by atoms with Crippen LogP contribution in [0.1, 0.15) is 67.2 Å². The Morgan fingerprint density at radius 1 is 1.11 bits per heavy atom. The van der Waals surface area contributed by atoms with E-state index < -0.39 is 0 Å². The topological polar surface area (TPSA) is 78.7 Å². The van der Waals surface area contributed by atoms with Crippen molar-refractivity contribution >= 4 is 17.5 Å². The number of anilines is 1. The first kappa shape index (κ1) is 24.6. The summed E-state index contributed by atoms with van der Waals surface area (Å²) >= 11 is 0. The molecule has 0 bridgehead atoms. The van der Waals surface area contributed by atoms with Crippen LogP contribution < -0.4 is 5.32 Å². The van der Waals surface area contributed by atoms with E-state index in [4.69, 9.17) is 4.98 Å². The maximum Gasteiger partial charge on any atom is 0.236 e. The summed E-state index contributed by atoms with van der Waals surface area (Å²) < 4.78 is 16.5. The Balaban J connectivity index is 1.29. The van der Waals surface area contributed by atoms with Gasteiger partial charge in [-0.25, -0.2) is 9.37 Å². The number of likely N-dealkylation sites (tertiary alicyclic amines) is 2. The van der Waals surface area contributed by atoms with Gasteiger partial charge in [0.2, 0.25) is 11.9 Å². The van der Waals surface area contributed by atoms with Crippen molar-refractivity contribution in [1.82, 2.24) is 29.4 Å². The molecule has 1 N–H and O–H groups in total. The third kappa shape index (κ3) is 5.07. The fourth-order valence-electron chi connectivity index (χ4n) is 5.78. The van der Waals surface area contributed by atoms with Crippen LogP contribution in [0.5, 0.6) is 0 Å². The van der Waals surface area contributed by atoms with Crippen molar-refractivity contribution in [3.05, 3.63) is 52.7 Å². The number of hydrogen-bond donors (Lipinski definition) is 1. The summed E-state index contributed by atoms with van der Waals surface area (Å²) in [6, 6.07) is 3.36. The Labute approximate surface area is 211 Å². The maximum atomic E-state index is 14.6. The number of benzene rings is 1. The Morgan fingerprint density at radius 3 is 2.75 bits per heavy atom. The van der Waals surface area contributed by atoms with Gasteiger partial charge in [-0.1, -0.05) is 13.0 Å². The SMILES string of the molecule is CCc1c(C)ccc(F)c1CNc1ncc(C2CCCN(C(=O)CN3CCCC3)CC2)c2nncn12. The summed E-state index contributed by atoms with van der Waals surface area (Å²) in [6.07, 6.45) is 9.53. The number of carbonyl (C=O) groups is 1. The zero-order valence-corrected chi connectivity index (χ0v) is 21.3. The molecule has 2 saturated heterocycles. The first-order chi connectivity index (χ1) is 17.5. The van der Waals surface area contributed by atoms with Crippen molar-refractivity contribution in [2.45, 2.75) is 64.8 Å². The number of aromatic nitrogens is 4. The Morgan fingerprint density at radius 2 is 1.94 bits per heavy atom. The molecule has 9 heteroatoms. The highest BCUT2D eigenvalue weighted by Crippen LogP contribution is 2.31. The number of nitrogens with zero attached hydrogens (tertiary/aromatic N) is 6. The van der Waals surface area contributed by atoms with E-state index in [1.54, 1.807) is 6.33 Å². The lowest BCUT2D eigenvalue weighted by Gasteiger charge is -2.24. The van der Waals surface area contributed by atoms with Crippen molar-refractivity contribution in [3.63, 3.8) is 0 Å². The lowest BCUT2D eigenvalue weighted by Crippen LogP contribution is -2.39. The van der Waals surface area contributed by atoms with Crippen LogP contribution in [0.4, 0.5) is 10.3 Å². The predicted molar refractivity (Wildman–Crippen MR) is 137 cm³/mol. The van der Waals surface area contributed by atoms with Crippen molar-refractivity contribution in [2.75, 3.05) is 38.0 Å². The van der Waals surface area contributed by atoms with E-state index in [-0.39, 0.29) is 17.6 Å². The van der Waals surface area contributed by atoms with Gasteiger partial charge in [0, 0.05) is 37.0 Å². The fourth-order valence-corrected chi connectivity index (χ4v) is 5.78. The standard InChI is InChI=1S/C27H36FN7O/c1-3-21-19(2)8-9-24(28)23(21)16-30-27-29-15-22(26-32-31-18-35(26)27)20-7-6-13-34(14-10-20)25(36)17-33-11-4-5-12-33/h8-9,15,18,20H,3-7,10-14,16-17H2,1-2H3,(H,29,30). The van der Waals surface area contributed by atoms with Gasteiger partial charge in [-0.15, -0.1) is 10.2 Å². The highest BCUT2D eigenvalue weighted by molar-refractivity contribution is 5.78. The van der Waals surface area contributed by atoms with Crippen molar-refractivity contribution in [1.29, 1.82) is 0 Å². The predicted octanol–water partition coefficient (Wildman–Crippen LogP) is 3.94. The van der Waals surface area contributed by atoms with Crippen LogP contribution in [0.3, 0.4) is 0 Å². The molecule has 2 aromatic heterocycles. The molecule has 3 aromatic rings. The quantitative estimate of drug-likeness (QED) is 0.537. The van der Waals surface area contributed by atoms with Gasteiger partial charge >= 0.3 is 0 Å². The van der Waals surface area contributed by atoms with E-state index in [1.165, 1.54) is 18.9 Å². The van der Waals surface area contributed by atoms with Gasteiger partial charge in [-0.05, 0) is 81.6 Å². The molecule has 2 aliphatic heterocycles. The third-order valence-electron chi connectivity index (χ3n) is 7.82.